The van der Waals surface area contributed by atoms with Gasteiger partial charge in [0.05, 0.1) is 12.4 Å². The number of amides is 2. The molecule has 6 heteroatoms. The maximum absolute atomic E-state index is 12.4. The normalized spacial score (nSPS) is 12.3. The zero-order chi connectivity index (χ0) is 21.7. The van der Waals surface area contributed by atoms with Crippen LogP contribution < -0.4 is 10.6 Å². The molecule has 1 atom stereocenters. The molecule has 1 unspecified atom stereocenters. The van der Waals surface area contributed by atoms with Crippen LogP contribution in [0.1, 0.15) is 58.9 Å². The monoisotopic (exact) mass is 406 g/mol. The fourth-order valence-electron chi connectivity index (χ4n) is 2.92. The highest BCUT2D eigenvalue weighted by Gasteiger charge is 2.16. The van der Waals surface area contributed by atoms with E-state index in [1.807, 2.05) is 24.3 Å². The van der Waals surface area contributed by atoms with E-state index in [-0.39, 0.29) is 29.5 Å². The molecule has 3 N–H and O–H groups in total. The summed E-state index contributed by atoms with van der Waals surface area (Å²) in [5.74, 6) is -0.455. The Morgan fingerprint density at radius 3 is 2.20 bits per heavy atom. The largest absolute Gasteiger partial charge is 0.459 e. The van der Waals surface area contributed by atoms with Gasteiger partial charge in [0, 0.05) is 17.8 Å². The van der Waals surface area contributed by atoms with Crippen molar-refractivity contribution in [3.05, 3.63) is 89.4 Å². The van der Waals surface area contributed by atoms with Gasteiger partial charge < -0.3 is 20.2 Å². The van der Waals surface area contributed by atoms with Crippen LogP contribution in [0.2, 0.25) is 0 Å². The molecule has 2 aromatic carbocycles. The lowest BCUT2D eigenvalue weighted by atomic mass is 9.86. The first-order valence-corrected chi connectivity index (χ1v) is 9.75. The number of carbonyl (C=O) groups excluding carboxylic acids is 2. The van der Waals surface area contributed by atoms with Crippen molar-refractivity contribution < 1.29 is 19.1 Å². The Kier molecular flexibility index (Phi) is 6.37. The van der Waals surface area contributed by atoms with Gasteiger partial charge in [0.15, 0.2) is 5.76 Å². The molecule has 0 saturated carbocycles. The van der Waals surface area contributed by atoms with Crippen molar-refractivity contribution >= 4 is 17.5 Å². The van der Waals surface area contributed by atoms with Gasteiger partial charge in [-0.15, -0.1) is 0 Å². The SMILES string of the molecule is CC(C)(C)c1ccc(C(O)CNC(=O)c2ccc(NC(=O)c3ccco3)cc2)cc1. The number of rotatable bonds is 6. The molecular weight excluding hydrogens is 380 g/mol. The van der Waals surface area contributed by atoms with E-state index >= 15 is 0 Å². The van der Waals surface area contributed by atoms with E-state index < -0.39 is 6.10 Å². The number of anilines is 1. The molecule has 0 fully saturated rings. The third-order valence-corrected chi connectivity index (χ3v) is 4.77. The number of aliphatic hydroxyl groups is 1. The highest BCUT2D eigenvalue weighted by atomic mass is 16.3. The van der Waals surface area contributed by atoms with E-state index in [1.165, 1.54) is 11.8 Å². The number of hydrogen-bond acceptors (Lipinski definition) is 4. The van der Waals surface area contributed by atoms with Crippen LogP contribution in [0.15, 0.2) is 71.3 Å². The molecule has 2 amide bonds. The first-order valence-electron chi connectivity index (χ1n) is 9.75. The van der Waals surface area contributed by atoms with E-state index in [1.54, 1.807) is 36.4 Å². The molecule has 6 nitrogen and oxygen atoms in total. The third kappa shape index (κ3) is 5.36. The minimum absolute atomic E-state index is 0.0429. The molecule has 156 valence electrons. The van der Waals surface area contributed by atoms with Crippen molar-refractivity contribution in [3.8, 4) is 0 Å². The van der Waals surface area contributed by atoms with E-state index in [4.69, 9.17) is 4.42 Å². The molecule has 1 aromatic heterocycles. The van der Waals surface area contributed by atoms with Crippen LogP contribution in [0.3, 0.4) is 0 Å². The van der Waals surface area contributed by atoms with Crippen LogP contribution >= 0.6 is 0 Å². The zero-order valence-corrected chi connectivity index (χ0v) is 17.3. The standard InChI is InChI=1S/C24H26N2O4/c1-24(2,3)18-10-6-16(7-11-18)20(27)15-25-22(28)17-8-12-19(13-9-17)26-23(29)21-5-4-14-30-21/h4-14,20,27H,15H2,1-3H3,(H,25,28)(H,26,29). The Hall–Kier alpha value is -3.38. The van der Waals surface area contributed by atoms with Gasteiger partial charge in [0.2, 0.25) is 0 Å². The smallest absolute Gasteiger partial charge is 0.291 e. The topological polar surface area (TPSA) is 91.6 Å². The lowest BCUT2D eigenvalue weighted by molar-refractivity contribution is 0.0916. The molecule has 0 aliphatic carbocycles. The van der Waals surface area contributed by atoms with Crippen LogP contribution in [0.25, 0.3) is 0 Å². The van der Waals surface area contributed by atoms with Crippen LogP contribution in [0, 0.1) is 0 Å². The maximum Gasteiger partial charge on any atom is 0.291 e. The van der Waals surface area contributed by atoms with Gasteiger partial charge in [-0.05, 0) is 52.9 Å². The van der Waals surface area contributed by atoms with Gasteiger partial charge in [0.25, 0.3) is 11.8 Å². The predicted octanol–water partition coefficient (Wildman–Crippen LogP) is 4.29. The summed E-state index contributed by atoms with van der Waals surface area (Å²) in [6.45, 7) is 6.50. The van der Waals surface area contributed by atoms with E-state index in [0.29, 0.717) is 11.3 Å². The molecule has 30 heavy (non-hydrogen) atoms. The van der Waals surface area contributed by atoms with Crippen molar-refractivity contribution in [1.29, 1.82) is 0 Å². The summed E-state index contributed by atoms with van der Waals surface area (Å²) in [4.78, 5) is 24.3. The average Bonchev–Trinajstić information content (AvgIpc) is 3.27. The van der Waals surface area contributed by atoms with Gasteiger partial charge in [-0.1, -0.05) is 45.0 Å². The zero-order valence-electron chi connectivity index (χ0n) is 17.3. The van der Waals surface area contributed by atoms with Gasteiger partial charge in [-0.25, -0.2) is 0 Å². The van der Waals surface area contributed by atoms with Gasteiger partial charge in [-0.3, -0.25) is 9.59 Å². The number of hydrogen-bond donors (Lipinski definition) is 3. The number of furan rings is 1. The number of aliphatic hydroxyl groups excluding tert-OH is 1. The lowest BCUT2D eigenvalue weighted by Crippen LogP contribution is -2.28. The Balaban J connectivity index is 1.53. The second kappa shape index (κ2) is 8.97. The minimum atomic E-state index is -0.796. The Morgan fingerprint density at radius 1 is 0.967 bits per heavy atom. The first-order chi connectivity index (χ1) is 14.2. The molecule has 0 aliphatic heterocycles. The Labute approximate surface area is 175 Å². The summed E-state index contributed by atoms with van der Waals surface area (Å²) in [5, 5.41) is 15.8. The molecule has 1 heterocycles. The minimum Gasteiger partial charge on any atom is -0.459 e. The van der Waals surface area contributed by atoms with Crippen LogP contribution in [-0.2, 0) is 5.41 Å². The maximum atomic E-state index is 12.4. The summed E-state index contributed by atoms with van der Waals surface area (Å²) in [6, 6.07) is 17.5. The van der Waals surface area contributed by atoms with Gasteiger partial charge in [0.1, 0.15) is 0 Å². The molecule has 3 aromatic rings. The van der Waals surface area contributed by atoms with E-state index in [2.05, 4.69) is 31.4 Å². The van der Waals surface area contributed by atoms with Crippen LogP contribution in [-0.4, -0.2) is 23.5 Å². The molecule has 0 spiro atoms. The molecule has 0 aliphatic rings. The van der Waals surface area contributed by atoms with Crippen molar-refractivity contribution in [3.63, 3.8) is 0 Å². The fourth-order valence-corrected chi connectivity index (χ4v) is 2.92. The third-order valence-electron chi connectivity index (χ3n) is 4.77. The molecule has 0 saturated heterocycles. The highest BCUT2D eigenvalue weighted by Crippen LogP contribution is 2.24. The Bertz CT molecular complexity index is 985. The quantitative estimate of drug-likeness (QED) is 0.569. The Morgan fingerprint density at radius 2 is 1.63 bits per heavy atom. The highest BCUT2D eigenvalue weighted by molar-refractivity contribution is 6.02. The second-order valence-corrected chi connectivity index (χ2v) is 8.11. The summed E-state index contributed by atoms with van der Waals surface area (Å²) in [5.41, 5.74) is 2.95. The lowest BCUT2D eigenvalue weighted by Gasteiger charge is -2.20. The fraction of sp³-hybridized carbons (Fsp3) is 0.250. The molecule has 3 rings (SSSR count). The van der Waals surface area contributed by atoms with Gasteiger partial charge in [-0.2, -0.15) is 0 Å². The summed E-state index contributed by atoms with van der Waals surface area (Å²) in [7, 11) is 0. The number of carbonyl (C=O) groups is 2. The van der Waals surface area contributed by atoms with Crippen molar-refractivity contribution in [2.75, 3.05) is 11.9 Å². The van der Waals surface area contributed by atoms with Gasteiger partial charge >= 0.3 is 0 Å². The molecule has 0 bridgehead atoms. The summed E-state index contributed by atoms with van der Waals surface area (Å²) >= 11 is 0. The number of benzene rings is 2. The van der Waals surface area contributed by atoms with E-state index in [9.17, 15) is 14.7 Å². The van der Waals surface area contributed by atoms with Crippen LogP contribution in [0.4, 0.5) is 5.69 Å². The first kappa shape index (κ1) is 21.3. The second-order valence-electron chi connectivity index (χ2n) is 8.11. The average molecular weight is 406 g/mol. The van der Waals surface area contributed by atoms with Crippen molar-refractivity contribution in [2.24, 2.45) is 0 Å². The van der Waals surface area contributed by atoms with Crippen molar-refractivity contribution in [2.45, 2.75) is 32.3 Å². The molecule has 0 radical (unpaired) electrons. The number of nitrogens with one attached hydrogen (secondary N) is 2. The van der Waals surface area contributed by atoms with Crippen molar-refractivity contribution in [1.82, 2.24) is 5.32 Å². The predicted molar refractivity (Wildman–Crippen MR) is 116 cm³/mol. The van der Waals surface area contributed by atoms with E-state index in [0.717, 1.165) is 5.56 Å². The summed E-state index contributed by atoms with van der Waals surface area (Å²) in [6.07, 6.45) is 0.630. The van der Waals surface area contributed by atoms with Crippen LogP contribution in [0.5, 0.6) is 0 Å². The molecular formula is C24H26N2O4. The summed E-state index contributed by atoms with van der Waals surface area (Å²) < 4.78 is 5.04.